The van der Waals surface area contributed by atoms with Crippen molar-refractivity contribution in [1.82, 2.24) is 10.2 Å². The molecule has 1 unspecified atom stereocenters. The third-order valence-electron chi connectivity index (χ3n) is 3.51. The summed E-state index contributed by atoms with van der Waals surface area (Å²) in [4.78, 5) is 14.0. The van der Waals surface area contributed by atoms with E-state index in [2.05, 4.69) is 10.2 Å². The second kappa shape index (κ2) is 5.83. The first kappa shape index (κ1) is 14.8. The number of benzene rings is 1. The third-order valence-corrected chi connectivity index (χ3v) is 3.51. The highest BCUT2D eigenvalue weighted by atomic mass is 19.4. The molecule has 0 aliphatic carbocycles. The highest BCUT2D eigenvalue weighted by molar-refractivity contribution is 5.94. The largest absolute Gasteiger partial charge is 0.416 e. The monoisotopic (exact) mass is 286 g/mol. The van der Waals surface area contributed by atoms with Crippen molar-refractivity contribution in [1.29, 1.82) is 0 Å². The number of nitrogens with zero attached hydrogens (tertiary/aromatic N) is 1. The maximum Gasteiger partial charge on any atom is 0.416 e. The molecule has 2 rings (SSSR count). The van der Waals surface area contributed by atoms with E-state index in [1.165, 1.54) is 12.1 Å². The predicted molar refractivity (Wildman–Crippen MR) is 69.4 cm³/mol. The highest BCUT2D eigenvalue weighted by Crippen LogP contribution is 2.29. The molecule has 1 fully saturated rings. The fourth-order valence-electron chi connectivity index (χ4n) is 2.34. The van der Waals surface area contributed by atoms with Crippen LogP contribution in [0.4, 0.5) is 13.2 Å². The van der Waals surface area contributed by atoms with Gasteiger partial charge in [0.25, 0.3) is 5.91 Å². The van der Waals surface area contributed by atoms with Crippen molar-refractivity contribution in [2.75, 3.05) is 26.7 Å². The topological polar surface area (TPSA) is 32.3 Å². The molecule has 1 aromatic rings. The van der Waals surface area contributed by atoms with Crippen molar-refractivity contribution in [3.05, 3.63) is 35.4 Å². The first-order chi connectivity index (χ1) is 9.36. The van der Waals surface area contributed by atoms with Crippen molar-refractivity contribution < 1.29 is 18.0 Å². The smallest absolute Gasteiger partial charge is 0.352 e. The van der Waals surface area contributed by atoms with Gasteiger partial charge in [-0.25, -0.2) is 0 Å². The van der Waals surface area contributed by atoms with Gasteiger partial charge in [-0.05, 0) is 50.2 Å². The summed E-state index contributed by atoms with van der Waals surface area (Å²) in [6.45, 7) is 2.51. The Balaban J connectivity index is 1.89. The van der Waals surface area contributed by atoms with E-state index in [1.807, 2.05) is 7.05 Å². The van der Waals surface area contributed by atoms with E-state index in [0.717, 1.165) is 31.6 Å². The molecular weight excluding hydrogens is 269 g/mol. The molecule has 20 heavy (non-hydrogen) atoms. The Morgan fingerprint density at radius 3 is 2.50 bits per heavy atom. The summed E-state index contributed by atoms with van der Waals surface area (Å²) in [5, 5.41) is 2.77. The molecule has 1 heterocycles. The third kappa shape index (κ3) is 3.72. The number of halogens is 3. The normalized spacial score (nSPS) is 20.1. The Kier molecular flexibility index (Phi) is 4.32. The summed E-state index contributed by atoms with van der Waals surface area (Å²) in [6, 6.07) is 4.27. The minimum Gasteiger partial charge on any atom is -0.352 e. The molecule has 0 radical (unpaired) electrons. The molecule has 0 saturated carbocycles. The van der Waals surface area contributed by atoms with Crippen LogP contribution < -0.4 is 5.32 Å². The van der Waals surface area contributed by atoms with Gasteiger partial charge in [0.1, 0.15) is 0 Å². The van der Waals surface area contributed by atoms with E-state index < -0.39 is 11.7 Å². The Hall–Kier alpha value is -1.56. The van der Waals surface area contributed by atoms with E-state index in [-0.39, 0.29) is 11.5 Å². The molecule has 1 amide bonds. The summed E-state index contributed by atoms with van der Waals surface area (Å²) in [7, 11) is 2.03. The molecule has 6 heteroatoms. The Labute approximate surface area is 115 Å². The zero-order valence-corrected chi connectivity index (χ0v) is 11.2. The molecular formula is C14H17F3N2O. The van der Waals surface area contributed by atoms with E-state index >= 15 is 0 Å². The number of carbonyl (C=O) groups excluding carboxylic acids is 1. The van der Waals surface area contributed by atoms with Gasteiger partial charge in [0.05, 0.1) is 5.56 Å². The first-order valence-corrected chi connectivity index (χ1v) is 6.50. The van der Waals surface area contributed by atoms with Crippen molar-refractivity contribution in [3.63, 3.8) is 0 Å². The van der Waals surface area contributed by atoms with Gasteiger partial charge in [-0.15, -0.1) is 0 Å². The number of carbonyl (C=O) groups is 1. The molecule has 1 aromatic carbocycles. The van der Waals surface area contributed by atoms with Crippen LogP contribution in [-0.4, -0.2) is 37.5 Å². The fourth-order valence-corrected chi connectivity index (χ4v) is 2.34. The number of likely N-dealkylation sites (tertiary alicyclic amines) is 1. The second-order valence-corrected chi connectivity index (χ2v) is 5.20. The van der Waals surface area contributed by atoms with Crippen molar-refractivity contribution in [3.8, 4) is 0 Å². The average molecular weight is 286 g/mol. The van der Waals surface area contributed by atoms with Crippen molar-refractivity contribution in [2.45, 2.75) is 12.6 Å². The van der Waals surface area contributed by atoms with Crippen LogP contribution in [0.3, 0.4) is 0 Å². The number of amides is 1. The average Bonchev–Trinajstić information content (AvgIpc) is 2.81. The maximum absolute atomic E-state index is 12.4. The number of rotatable bonds is 3. The zero-order valence-electron chi connectivity index (χ0n) is 11.2. The summed E-state index contributed by atoms with van der Waals surface area (Å²) < 4.78 is 37.2. The van der Waals surface area contributed by atoms with Gasteiger partial charge in [0.15, 0.2) is 0 Å². The van der Waals surface area contributed by atoms with Gasteiger partial charge in [-0.2, -0.15) is 13.2 Å². The summed E-state index contributed by atoms with van der Waals surface area (Å²) in [5.41, 5.74) is -0.490. The van der Waals surface area contributed by atoms with Crippen LogP contribution in [0.2, 0.25) is 0 Å². The van der Waals surface area contributed by atoms with Crippen LogP contribution in [0.5, 0.6) is 0 Å². The summed E-state index contributed by atoms with van der Waals surface area (Å²) >= 11 is 0. The van der Waals surface area contributed by atoms with Gasteiger partial charge < -0.3 is 10.2 Å². The lowest BCUT2D eigenvalue weighted by Gasteiger charge is -2.12. The number of hydrogen-bond acceptors (Lipinski definition) is 2. The van der Waals surface area contributed by atoms with E-state index in [1.54, 1.807) is 0 Å². The quantitative estimate of drug-likeness (QED) is 0.925. The first-order valence-electron chi connectivity index (χ1n) is 6.50. The van der Waals surface area contributed by atoms with Crippen LogP contribution >= 0.6 is 0 Å². The van der Waals surface area contributed by atoms with E-state index in [4.69, 9.17) is 0 Å². The lowest BCUT2D eigenvalue weighted by molar-refractivity contribution is -0.137. The van der Waals surface area contributed by atoms with Crippen LogP contribution in [0.15, 0.2) is 24.3 Å². The molecule has 1 aliphatic rings. The van der Waals surface area contributed by atoms with Crippen LogP contribution in [0.1, 0.15) is 22.3 Å². The molecule has 1 saturated heterocycles. The number of alkyl halides is 3. The van der Waals surface area contributed by atoms with Crippen LogP contribution in [0.25, 0.3) is 0 Å². The zero-order chi connectivity index (χ0) is 14.8. The SMILES string of the molecule is CN1CCC(CNC(=O)c2ccc(C(F)(F)F)cc2)C1. The Morgan fingerprint density at radius 2 is 2.00 bits per heavy atom. The van der Waals surface area contributed by atoms with E-state index in [0.29, 0.717) is 12.5 Å². The molecule has 0 aromatic heterocycles. The minimum absolute atomic E-state index is 0.254. The molecule has 0 spiro atoms. The molecule has 110 valence electrons. The van der Waals surface area contributed by atoms with Crippen molar-refractivity contribution in [2.24, 2.45) is 5.92 Å². The fraction of sp³-hybridized carbons (Fsp3) is 0.500. The second-order valence-electron chi connectivity index (χ2n) is 5.20. The lowest BCUT2D eigenvalue weighted by Crippen LogP contribution is -2.30. The molecule has 1 N–H and O–H groups in total. The van der Waals surface area contributed by atoms with Gasteiger partial charge >= 0.3 is 6.18 Å². The molecule has 0 bridgehead atoms. The molecule has 3 nitrogen and oxygen atoms in total. The molecule has 1 atom stereocenters. The Morgan fingerprint density at radius 1 is 1.35 bits per heavy atom. The number of nitrogens with one attached hydrogen (secondary N) is 1. The van der Waals surface area contributed by atoms with Crippen molar-refractivity contribution >= 4 is 5.91 Å². The van der Waals surface area contributed by atoms with Gasteiger partial charge in [-0.3, -0.25) is 4.79 Å². The van der Waals surface area contributed by atoms with E-state index in [9.17, 15) is 18.0 Å². The van der Waals surface area contributed by atoms with Gasteiger partial charge in [0.2, 0.25) is 0 Å². The van der Waals surface area contributed by atoms with Crippen LogP contribution in [0, 0.1) is 5.92 Å². The maximum atomic E-state index is 12.4. The van der Waals surface area contributed by atoms with Gasteiger partial charge in [0, 0.05) is 18.7 Å². The lowest BCUT2D eigenvalue weighted by atomic mass is 10.1. The van der Waals surface area contributed by atoms with Crippen LogP contribution in [-0.2, 0) is 6.18 Å². The predicted octanol–water partition coefficient (Wildman–Crippen LogP) is 2.39. The summed E-state index contributed by atoms with van der Waals surface area (Å²) in [5.74, 6) is 0.0895. The molecule has 1 aliphatic heterocycles. The number of hydrogen-bond donors (Lipinski definition) is 1. The highest BCUT2D eigenvalue weighted by Gasteiger charge is 2.30. The standard InChI is InChI=1S/C14H17F3N2O/c1-19-7-6-10(9-19)8-18-13(20)11-2-4-12(5-3-11)14(15,16)17/h2-5,10H,6-9H2,1H3,(H,18,20). The Bertz CT molecular complexity index is 470. The van der Waals surface area contributed by atoms with Gasteiger partial charge in [-0.1, -0.05) is 0 Å². The summed E-state index contributed by atoms with van der Waals surface area (Å²) in [6.07, 6.45) is -3.34. The minimum atomic E-state index is -4.37.